The number of fused-ring (bicyclic) bond motifs is 1. The second kappa shape index (κ2) is 6.83. The van der Waals surface area contributed by atoms with Gasteiger partial charge < -0.3 is 10.1 Å². The zero-order valence-corrected chi connectivity index (χ0v) is 14.4. The summed E-state index contributed by atoms with van der Waals surface area (Å²) in [6.45, 7) is 1.83. The lowest BCUT2D eigenvalue weighted by Crippen LogP contribution is -2.42. The molecule has 0 fully saturated rings. The zero-order chi connectivity index (χ0) is 17.3. The van der Waals surface area contributed by atoms with Crippen LogP contribution in [0, 0.1) is 0 Å². The van der Waals surface area contributed by atoms with Gasteiger partial charge in [-0.25, -0.2) is 4.79 Å². The number of hydrogen-bond acceptors (Lipinski definition) is 3. The van der Waals surface area contributed by atoms with Crippen LogP contribution in [-0.4, -0.2) is 18.0 Å². The first-order valence-electron chi connectivity index (χ1n) is 7.50. The lowest BCUT2D eigenvalue weighted by Gasteiger charge is -2.25. The molecule has 0 bridgehead atoms. The molecule has 1 amide bonds. The highest BCUT2D eigenvalue weighted by molar-refractivity contribution is 6.42. The van der Waals surface area contributed by atoms with Crippen molar-refractivity contribution in [1.82, 2.24) is 5.32 Å². The van der Waals surface area contributed by atoms with Crippen LogP contribution in [0.3, 0.4) is 0 Å². The van der Waals surface area contributed by atoms with Crippen molar-refractivity contribution in [2.45, 2.75) is 25.5 Å². The van der Waals surface area contributed by atoms with E-state index in [0.717, 1.165) is 11.1 Å². The number of cyclic esters (lactones) is 1. The number of carbonyl (C=O) groups is 2. The summed E-state index contributed by atoms with van der Waals surface area (Å²) >= 11 is 11.9. The number of rotatable bonds is 3. The average molecular weight is 364 g/mol. The number of ether oxygens (including phenoxy) is 1. The summed E-state index contributed by atoms with van der Waals surface area (Å²) in [5.41, 5.74) is 2.15. The van der Waals surface area contributed by atoms with Gasteiger partial charge in [0.05, 0.1) is 21.7 Å². The highest BCUT2D eigenvalue weighted by Gasteiger charge is 2.31. The van der Waals surface area contributed by atoms with Crippen molar-refractivity contribution in [2.24, 2.45) is 0 Å². The Bertz CT molecular complexity index is 807. The number of nitrogens with one attached hydrogen (secondary N) is 1. The minimum absolute atomic E-state index is 0.289. The molecule has 0 saturated heterocycles. The van der Waals surface area contributed by atoms with Crippen LogP contribution in [0.5, 0.6) is 0 Å². The molecule has 0 radical (unpaired) electrons. The quantitative estimate of drug-likeness (QED) is 0.839. The van der Waals surface area contributed by atoms with Gasteiger partial charge in [-0.2, -0.15) is 0 Å². The lowest BCUT2D eigenvalue weighted by atomic mass is 9.98. The number of carbonyl (C=O) groups excluding carboxylic acids is 2. The molecular formula is C18H15Cl2NO3. The average Bonchev–Trinajstić information content (AvgIpc) is 2.57. The van der Waals surface area contributed by atoms with E-state index in [4.69, 9.17) is 27.9 Å². The number of benzene rings is 2. The van der Waals surface area contributed by atoms with Gasteiger partial charge in [0.25, 0.3) is 5.91 Å². The van der Waals surface area contributed by atoms with Gasteiger partial charge in [0.1, 0.15) is 0 Å². The molecule has 4 nitrogen and oxygen atoms in total. The molecule has 1 N–H and O–H groups in total. The summed E-state index contributed by atoms with van der Waals surface area (Å²) in [4.78, 5) is 24.4. The highest BCUT2D eigenvalue weighted by atomic mass is 35.5. The van der Waals surface area contributed by atoms with Crippen LogP contribution in [0.25, 0.3) is 0 Å². The molecule has 2 aromatic rings. The van der Waals surface area contributed by atoms with Gasteiger partial charge in [-0.1, -0.05) is 47.5 Å². The fourth-order valence-electron chi connectivity index (χ4n) is 2.65. The van der Waals surface area contributed by atoms with Crippen LogP contribution in [-0.2, 0) is 16.0 Å². The van der Waals surface area contributed by atoms with Crippen molar-refractivity contribution in [2.75, 3.05) is 0 Å². The van der Waals surface area contributed by atoms with E-state index in [1.807, 2.05) is 19.1 Å². The SMILES string of the molecule is CC(NC(=O)C1Cc2ccccc2C(=O)O1)c1ccc(Cl)c(Cl)c1. The molecule has 124 valence electrons. The number of esters is 1. The Kier molecular flexibility index (Phi) is 4.78. The molecule has 0 saturated carbocycles. The molecule has 0 spiro atoms. The van der Waals surface area contributed by atoms with Crippen molar-refractivity contribution in [3.05, 3.63) is 69.2 Å². The first-order chi connectivity index (χ1) is 11.5. The third-order valence-corrected chi connectivity index (χ3v) is 4.73. The van der Waals surface area contributed by atoms with E-state index in [2.05, 4.69) is 5.32 Å². The third-order valence-electron chi connectivity index (χ3n) is 3.99. The molecular weight excluding hydrogens is 349 g/mol. The van der Waals surface area contributed by atoms with Crippen LogP contribution in [0.2, 0.25) is 10.0 Å². The summed E-state index contributed by atoms with van der Waals surface area (Å²) in [5, 5.41) is 3.73. The van der Waals surface area contributed by atoms with E-state index >= 15 is 0 Å². The molecule has 1 aliphatic heterocycles. The van der Waals surface area contributed by atoms with Crippen molar-refractivity contribution < 1.29 is 14.3 Å². The normalized spacial score (nSPS) is 17.6. The third kappa shape index (κ3) is 3.40. The Labute approximate surface area is 149 Å². The second-order valence-electron chi connectivity index (χ2n) is 5.66. The first-order valence-corrected chi connectivity index (χ1v) is 8.25. The van der Waals surface area contributed by atoms with Gasteiger partial charge in [0.15, 0.2) is 6.10 Å². The zero-order valence-electron chi connectivity index (χ0n) is 12.9. The van der Waals surface area contributed by atoms with Gasteiger partial charge in [-0.3, -0.25) is 4.79 Å². The summed E-state index contributed by atoms with van der Waals surface area (Å²) in [5.74, 6) is -0.810. The predicted molar refractivity (Wildman–Crippen MR) is 92.4 cm³/mol. The van der Waals surface area contributed by atoms with E-state index in [1.165, 1.54) is 0 Å². The predicted octanol–water partition coefficient (Wildman–Crippen LogP) is 3.95. The topological polar surface area (TPSA) is 55.4 Å². The van der Waals surface area contributed by atoms with Gasteiger partial charge >= 0.3 is 5.97 Å². The minimum Gasteiger partial charge on any atom is -0.448 e. The first kappa shape index (κ1) is 16.8. The van der Waals surface area contributed by atoms with Crippen LogP contribution in [0.4, 0.5) is 0 Å². The molecule has 24 heavy (non-hydrogen) atoms. The highest BCUT2D eigenvalue weighted by Crippen LogP contribution is 2.26. The molecule has 6 heteroatoms. The number of hydrogen-bond donors (Lipinski definition) is 1. The smallest absolute Gasteiger partial charge is 0.339 e. The summed E-state index contributed by atoms with van der Waals surface area (Å²) in [7, 11) is 0. The summed E-state index contributed by atoms with van der Waals surface area (Å²) < 4.78 is 5.26. The van der Waals surface area contributed by atoms with E-state index in [1.54, 1.807) is 30.3 Å². The maximum Gasteiger partial charge on any atom is 0.339 e. The van der Waals surface area contributed by atoms with Gasteiger partial charge in [-0.15, -0.1) is 0 Å². The van der Waals surface area contributed by atoms with Crippen LogP contribution in [0.15, 0.2) is 42.5 Å². The maximum absolute atomic E-state index is 12.4. The summed E-state index contributed by atoms with van der Waals surface area (Å²) in [6, 6.07) is 12.0. The largest absolute Gasteiger partial charge is 0.448 e. The van der Waals surface area contributed by atoms with E-state index in [-0.39, 0.29) is 11.9 Å². The molecule has 1 aliphatic rings. The standard InChI is InChI=1S/C18H15Cl2NO3/c1-10(11-6-7-14(19)15(20)8-11)21-17(22)16-9-12-4-2-3-5-13(12)18(23)24-16/h2-8,10,16H,9H2,1H3,(H,21,22). The van der Waals surface area contributed by atoms with Crippen LogP contribution < -0.4 is 5.32 Å². The van der Waals surface area contributed by atoms with E-state index in [0.29, 0.717) is 22.0 Å². The monoisotopic (exact) mass is 363 g/mol. The van der Waals surface area contributed by atoms with Gasteiger partial charge in [-0.05, 0) is 36.2 Å². The summed E-state index contributed by atoms with van der Waals surface area (Å²) in [6.07, 6.45) is -0.473. The van der Waals surface area contributed by atoms with Crippen LogP contribution in [0.1, 0.15) is 34.5 Å². The molecule has 0 aromatic heterocycles. The Hall–Kier alpha value is -2.04. The Morgan fingerprint density at radius 1 is 1.21 bits per heavy atom. The van der Waals surface area contributed by atoms with Crippen molar-refractivity contribution >= 4 is 35.1 Å². The van der Waals surface area contributed by atoms with Crippen molar-refractivity contribution in [1.29, 1.82) is 0 Å². The molecule has 2 unspecified atom stereocenters. The van der Waals surface area contributed by atoms with E-state index < -0.39 is 12.1 Å². The second-order valence-corrected chi connectivity index (χ2v) is 6.47. The molecule has 3 rings (SSSR count). The minimum atomic E-state index is -0.836. The number of amides is 1. The van der Waals surface area contributed by atoms with Crippen molar-refractivity contribution in [3.63, 3.8) is 0 Å². The fourth-order valence-corrected chi connectivity index (χ4v) is 2.96. The molecule has 2 aromatic carbocycles. The van der Waals surface area contributed by atoms with Gasteiger partial charge in [0, 0.05) is 6.42 Å². The van der Waals surface area contributed by atoms with E-state index in [9.17, 15) is 9.59 Å². The van der Waals surface area contributed by atoms with Gasteiger partial charge in [0.2, 0.25) is 0 Å². The Morgan fingerprint density at radius 2 is 1.96 bits per heavy atom. The van der Waals surface area contributed by atoms with Crippen LogP contribution >= 0.6 is 23.2 Å². The maximum atomic E-state index is 12.4. The van der Waals surface area contributed by atoms with Crippen molar-refractivity contribution in [3.8, 4) is 0 Å². The lowest BCUT2D eigenvalue weighted by molar-refractivity contribution is -0.131. The Balaban J connectivity index is 1.71. The Morgan fingerprint density at radius 3 is 2.71 bits per heavy atom. The molecule has 0 aliphatic carbocycles. The molecule has 2 atom stereocenters. The fraction of sp³-hybridized carbons (Fsp3) is 0.222. The number of halogens is 2. The molecule has 1 heterocycles.